The Kier molecular flexibility index (Phi) is 5.42. The number of methoxy groups -OCH3 is 1. The molecule has 0 bridgehead atoms. The molecule has 0 spiro atoms. The standard InChI is InChI=1S/C13H21N3O2/c1-4-8-16(9-5-2)12-11(14)10(6-7-15-12)13(17)18-3/h6-7H,4-5,8-9,14H2,1-3H3. The lowest BCUT2D eigenvalue weighted by Crippen LogP contribution is -2.27. The molecule has 5 nitrogen and oxygen atoms in total. The van der Waals surface area contributed by atoms with Gasteiger partial charge in [-0.3, -0.25) is 0 Å². The molecule has 0 aliphatic carbocycles. The Morgan fingerprint density at radius 1 is 1.39 bits per heavy atom. The fourth-order valence-corrected chi connectivity index (χ4v) is 1.87. The Morgan fingerprint density at radius 3 is 2.50 bits per heavy atom. The molecule has 1 aromatic rings. The average molecular weight is 251 g/mol. The minimum atomic E-state index is -0.427. The van der Waals surface area contributed by atoms with Crippen LogP contribution in [-0.2, 0) is 4.74 Å². The second-order valence-corrected chi connectivity index (χ2v) is 4.07. The maximum atomic E-state index is 11.6. The molecule has 0 saturated heterocycles. The van der Waals surface area contributed by atoms with E-state index < -0.39 is 5.97 Å². The van der Waals surface area contributed by atoms with Crippen molar-refractivity contribution in [1.29, 1.82) is 0 Å². The summed E-state index contributed by atoms with van der Waals surface area (Å²) in [5, 5.41) is 0. The first-order chi connectivity index (χ1) is 8.65. The minimum Gasteiger partial charge on any atom is -0.465 e. The van der Waals surface area contributed by atoms with E-state index in [1.165, 1.54) is 7.11 Å². The van der Waals surface area contributed by atoms with E-state index in [1.807, 2.05) is 0 Å². The van der Waals surface area contributed by atoms with E-state index in [4.69, 9.17) is 10.5 Å². The average Bonchev–Trinajstić information content (AvgIpc) is 2.38. The van der Waals surface area contributed by atoms with Crippen molar-refractivity contribution in [3.05, 3.63) is 17.8 Å². The van der Waals surface area contributed by atoms with E-state index in [9.17, 15) is 4.79 Å². The van der Waals surface area contributed by atoms with Crippen LogP contribution in [0.4, 0.5) is 11.5 Å². The van der Waals surface area contributed by atoms with Crippen LogP contribution in [-0.4, -0.2) is 31.2 Å². The number of nitrogens with two attached hydrogens (primary N) is 1. The molecule has 100 valence electrons. The largest absolute Gasteiger partial charge is 0.465 e. The van der Waals surface area contributed by atoms with Crippen LogP contribution in [0.3, 0.4) is 0 Å². The lowest BCUT2D eigenvalue weighted by Gasteiger charge is -2.24. The van der Waals surface area contributed by atoms with Gasteiger partial charge in [-0.05, 0) is 18.9 Å². The summed E-state index contributed by atoms with van der Waals surface area (Å²) in [5.41, 5.74) is 6.79. The number of esters is 1. The van der Waals surface area contributed by atoms with Crippen LogP contribution in [0, 0.1) is 0 Å². The Hall–Kier alpha value is -1.78. The molecule has 0 aliphatic heterocycles. The van der Waals surface area contributed by atoms with Gasteiger partial charge in [0.1, 0.15) is 0 Å². The molecule has 2 N–H and O–H groups in total. The molecule has 0 atom stereocenters. The van der Waals surface area contributed by atoms with Crippen molar-refractivity contribution in [3.8, 4) is 0 Å². The number of hydrogen-bond donors (Lipinski definition) is 1. The third-order valence-corrected chi connectivity index (χ3v) is 2.66. The molecule has 1 heterocycles. The Morgan fingerprint density at radius 2 is 2.00 bits per heavy atom. The third kappa shape index (κ3) is 3.12. The monoisotopic (exact) mass is 251 g/mol. The molecule has 0 saturated carbocycles. The molecule has 5 heteroatoms. The number of anilines is 2. The summed E-state index contributed by atoms with van der Waals surface area (Å²) < 4.78 is 4.71. The Balaban J connectivity index is 3.10. The molecule has 0 aliphatic rings. The molecule has 18 heavy (non-hydrogen) atoms. The summed E-state index contributed by atoms with van der Waals surface area (Å²) in [5.74, 6) is 0.241. The molecular weight excluding hydrogens is 230 g/mol. The summed E-state index contributed by atoms with van der Waals surface area (Å²) in [6, 6.07) is 1.58. The first-order valence-electron chi connectivity index (χ1n) is 6.23. The molecule has 0 radical (unpaired) electrons. The van der Waals surface area contributed by atoms with Crippen LogP contribution in [0.15, 0.2) is 12.3 Å². The lowest BCUT2D eigenvalue weighted by molar-refractivity contribution is 0.0602. The highest BCUT2D eigenvalue weighted by Crippen LogP contribution is 2.24. The molecule has 1 aromatic heterocycles. The van der Waals surface area contributed by atoms with Crippen molar-refractivity contribution in [2.45, 2.75) is 26.7 Å². The molecule has 0 aromatic carbocycles. The molecule has 0 amide bonds. The molecule has 0 fully saturated rings. The van der Waals surface area contributed by atoms with E-state index in [1.54, 1.807) is 12.3 Å². The zero-order valence-corrected chi connectivity index (χ0v) is 11.3. The van der Waals surface area contributed by atoms with Gasteiger partial charge in [0.15, 0.2) is 5.82 Å². The number of ether oxygens (including phenoxy) is 1. The number of nitrogen functional groups attached to an aromatic ring is 1. The fourth-order valence-electron chi connectivity index (χ4n) is 1.87. The van der Waals surface area contributed by atoms with Gasteiger partial charge in [-0.2, -0.15) is 0 Å². The highest BCUT2D eigenvalue weighted by molar-refractivity contribution is 5.97. The number of rotatable bonds is 6. The number of carbonyl (C=O) groups excluding carboxylic acids is 1. The van der Waals surface area contributed by atoms with Gasteiger partial charge in [-0.15, -0.1) is 0 Å². The topological polar surface area (TPSA) is 68.5 Å². The van der Waals surface area contributed by atoms with Crippen molar-refractivity contribution in [2.75, 3.05) is 30.8 Å². The van der Waals surface area contributed by atoms with Gasteiger partial charge in [0, 0.05) is 19.3 Å². The van der Waals surface area contributed by atoms with Gasteiger partial charge in [0.05, 0.1) is 18.4 Å². The van der Waals surface area contributed by atoms with Crippen molar-refractivity contribution in [2.24, 2.45) is 0 Å². The van der Waals surface area contributed by atoms with Crippen molar-refractivity contribution in [1.82, 2.24) is 4.98 Å². The van der Waals surface area contributed by atoms with Crippen molar-refractivity contribution >= 4 is 17.5 Å². The van der Waals surface area contributed by atoms with Crippen LogP contribution in [0.5, 0.6) is 0 Å². The van der Waals surface area contributed by atoms with Gasteiger partial charge >= 0.3 is 5.97 Å². The first kappa shape index (κ1) is 14.3. The summed E-state index contributed by atoms with van der Waals surface area (Å²) >= 11 is 0. The van der Waals surface area contributed by atoms with E-state index in [0.29, 0.717) is 17.1 Å². The summed E-state index contributed by atoms with van der Waals surface area (Å²) in [6.45, 7) is 5.94. The second kappa shape index (κ2) is 6.83. The van der Waals surface area contributed by atoms with Gasteiger partial charge in [-0.25, -0.2) is 9.78 Å². The maximum absolute atomic E-state index is 11.6. The van der Waals surface area contributed by atoms with Crippen LogP contribution in [0.1, 0.15) is 37.0 Å². The molecule has 0 unspecified atom stereocenters. The van der Waals surface area contributed by atoms with Gasteiger partial charge in [0.2, 0.25) is 0 Å². The van der Waals surface area contributed by atoms with Gasteiger partial charge in [-0.1, -0.05) is 13.8 Å². The maximum Gasteiger partial charge on any atom is 0.340 e. The number of nitrogens with zero attached hydrogens (tertiary/aromatic N) is 2. The smallest absolute Gasteiger partial charge is 0.340 e. The Bertz CT molecular complexity index is 401. The second-order valence-electron chi connectivity index (χ2n) is 4.07. The summed E-state index contributed by atoms with van der Waals surface area (Å²) in [4.78, 5) is 18.0. The molecular formula is C13H21N3O2. The molecule has 1 rings (SSSR count). The predicted molar refractivity (Wildman–Crippen MR) is 72.8 cm³/mol. The fraction of sp³-hybridized carbons (Fsp3) is 0.538. The number of hydrogen-bond acceptors (Lipinski definition) is 5. The van der Waals surface area contributed by atoms with Gasteiger partial charge in [0.25, 0.3) is 0 Å². The van der Waals surface area contributed by atoms with Crippen LogP contribution < -0.4 is 10.6 Å². The number of carbonyl (C=O) groups is 1. The van der Waals surface area contributed by atoms with Crippen LogP contribution in [0.2, 0.25) is 0 Å². The lowest BCUT2D eigenvalue weighted by atomic mass is 10.2. The first-order valence-corrected chi connectivity index (χ1v) is 6.23. The van der Waals surface area contributed by atoms with E-state index >= 15 is 0 Å². The van der Waals surface area contributed by atoms with Gasteiger partial charge < -0.3 is 15.4 Å². The van der Waals surface area contributed by atoms with Crippen LogP contribution >= 0.6 is 0 Å². The van der Waals surface area contributed by atoms with Crippen LogP contribution in [0.25, 0.3) is 0 Å². The third-order valence-electron chi connectivity index (χ3n) is 2.66. The quantitative estimate of drug-likeness (QED) is 0.784. The zero-order valence-electron chi connectivity index (χ0n) is 11.3. The predicted octanol–water partition coefficient (Wildman–Crippen LogP) is 2.08. The number of aromatic nitrogens is 1. The highest BCUT2D eigenvalue weighted by atomic mass is 16.5. The summed E-state index contributed by atoms with van der Waals surface area (Å²) in [6.07, 6.45) is 3.60. The SMILES string of the molecule is CCCN(CCC)c1nccc(C(=O)OC)c1N. The normalized spacial score (nSPS) is 10.2. The van der Waals surface area contributed by atoms with E-state index in [0.717, 1.165) is 25.9 Å². The Labute approximate surface area is 108 Å². The van der Waals surface area contributed by atoms with E-state index in [-0.39, 0.29) is 0 Å². The highest BCUT2D eigenvalue weighted by Gasteiger charge is 2.17. The summed E-state index contributed by atoms with van der Waals surface area (Å²) in [7, 11) is 1.34. The minimum absolute atomic E-state index is 0.375. The van der Waals surface area contributed by atoms with Crippen molar-refractivity contribution < 1.29 is 9.53 Å². The van der Waals surface area contributed by atoms with E-state index in [2.05, 4.69) is 23.7 Å². The van der Waals surface area contributed by atoms with Crippen molar-refractivity contribution in [3.63, 3.8) is 0 Å². The number of pyridine rings is 1. The zero-order chi connectivity index (χ0) is 13.5.